The third kappa shape index (κ3) is 2.80. The van der Waals surface area contributed by atoms with Gasteiger partial charge < -0.3 is 4.74 Å². The fourth-order valence-corrected chi connectivity index (χ4v) is 2.23. The van der Waals surface area contributed by atoms with Crippen LogP contribution in [0, 0.1) is 25.5 Å². The van der Waals surface area contributed by atoms with Crippen LogP contribution in [-0.4, -0.2) is 6.29 Å². The number of carbonyl (C=O) groups excluding carboxylic acids is 1. The predicted octanol–water partition coefficient (Wildman–Crippen LogP) is 4.84. The van der Waals surface area contributed by atoms with Gasteiger partial charge >= 0.3 is 0 Å². The number of aryl methyl sites for hydroxylation is 2. The Hall–Kier alpha value is -1.94. The Morgan fingerprint density at radius 3 is 1.95 bits per heavy atom. The van der Waals surface area contributed by atoms with Crippen LogP contribution in [-0.2, 0) is 0 Å². The van der Waals surface area contributed by atoms with E-state index >= 15 is 0 Å². The number of hydrogen-bond acceptors (Lipinski definition) is 2. The van der Waals surface area contributed by atoms with Gasteiger partial charge in [0.05, 0.1) is 0 Å². The van der Waals surface area contributed by atoms with E-state index in [1.54, 1.807) is 26.0 Å². The SMILES string of the molecule is Cc1cc(Cl)cc(C)c1Oc1c(F)cc(C=O)cc1F. The van der Waals surface area contributed by atoms with Crippen LogP contribution >= 0.6 is 11.6 Å². The molecule has 2 nitrogen and oxygen atoms in total. The molecule has 0 heterocycles. The van der Waals surface area contributed by atoms with Gasteiger partial charge in [-0.25, -0.2) is 8.78 Å². The summed E-state index contributed by atoms with van der Waals surface area (Å²) < 4.78 is 32.9. The first-order valence-corrected chi connectivity index (χ1v) is 6.19. The minimum atomic E-state index is -0.930. The molecule has 2 rings (SSSR count). The van der Waals surface area contributed by atoms with E-state index in [1.807, 2.05) is 0 Å². The first-order valence-electron chi connectivity index (χ1n) is 5.81. The molecule has 0 amide bonds. The van der Waals surface area contributed by atoms with Crippen LogP contribution in [0.2, 0.25) is 5.02 Å². The maximum absolute atomic E-state index is 13.8. The molecule has 0 spiro atoms. The molecular formula is C15H11ClF2O2. The standard InChI is InChI=1S/C15H11ClF2O2/c1-8-3-11(16)4-9(2)14(8)20-15-12(17)5-10(7-19)6-13(15)18/h3-7H,1-2H3. The molecule has 5 heteroatoms. The normalized spacial score (nSPS) is 10.4. The van der Waals surface area contributed by atoms with Gasteiger partial charge in [-0.3, -0.25) is 4.79 Å². The molecule has 20 heavy (non-hydrogen) atoms. The summed E-state index contributed by atoms with van der Waals surface area (Å²) in [4.78, 5) is 10.5. The molecule has 2 aromatic carbocycles. The molecule has 0 N–H and O–H groups in total. The topological polar surface area (TPSA) is 26.3 Å². The van der Waals surface area contributed by atoms with E-state index in [0.29, 0.717) is 28.2 Å². The van der Waals surface area contributed by atoms with Crippen molar-refractivity contribution in [1.82, 2.24) is 0 Å². The lowest BCUT2D eigenvalue weighted by atomic mass is 10.1. The highest BCUT2D eigenvalue weighted by Crippen LogP contribution is 2.34. The third-order valence-corrected chi connectivity index (χ3v) is 3.00. The van der Waals surface area contributed by atoms with Crippen LogP contribution in [0.4, 0.5) is 8.78 Å². The molecule has 0 bridgehead atoms. The quantitative estimate of drug-likeness (QED) is 0.758. The Labute approximate surface area is 119 Å². The predicted molar refractivity (Wildman–Crippen MR) is 72.7 cm³/mol. The Bertz CT molecular complexity index is 638. The maximum Gasteiger partial charge on any atom is 0.198 e. The van der Waals surface area contributed by atoms with Crippen LogP contribution in [0.5, 0.6) is 11.5 Å². The van der Waals surface area contributed by atoms with Crippen LogP contribution in [0.15, 0.2) is 24.3 Å². The molecule has 0 aliphatic rings. The van der Waals surface area contributed by atoms with Gasteiger partial charge in [-0.2, -0.15) is 0 Å². The van der Waals surface area contributed by atoms with Crippen molar-refractivity contribution in [2.24, 2.45) is 0 Å². The highest BCUT2D eigenvalue weighted by atomic mass is 35.5. The number of hydrogen-bond donors (Lipinski definition) is 0. The number of halogens is 3. The summed E-state index contributed by atoms with van der Waals surface area (Å²) in [5, 5.41) is 0.518. The molecular weight excluding hydrogens is 286 g/mol. The van der Waals surface area contributed by atoms with Gasteiger partial charge in [0.25, 0.3) is 0 Å². The molecule has 104 valence electrons. The van der Waals surface area contributed by atoms with Crippen molar-refractivity contribution in [2.45, 2.75) is 13.8 Å². The second kappa shape index (κ2) is 5.59. The van der Waals surface area contributed by atoms with E-state index in [1.165, 1.54) is 0 Å². The Balaban J connectivity index is 2.48. The van der Waals surface area contributed by atoms with Crippen LogP contribution < -0.4 is 4.74 Å². The second-order valence-corrected chi connectivity index (χ2v) is 4.84. The van der Waals surface area contributed by atoms with Crippen molar-refractivity contribution in [3.8, 4) is 11.5 Å². The molecule has 0 aromatic heterocycles. The van der Waals surface area contributed by atoms with Crippen LogP contribution in [0.1, 0.15) is 21.5 Å². The average molecular weight is 297 g/mol. The minimum Gasteiger partial charge on any atom is -0.451 e. The van der Waals surface area contributed by atoms with E-state index in [2.05, 4.69) is 0 Å². The monoisotopic (exact) mass is 296 g/mol. The first kappa shape index (κ1) is 14.5. The van der Waals surface area contributed by atoms with Gasteiger partial charge in [-0.15, -0.1) is 0 Å². The largest absolute Gasteiger partial charge is 0.451 e. The number of carbonyl (C=O) groups is 1. The zero-order valence-corrected chi connectivity index (χ0v) is 11.6. The summed E-state index contributed by atoms with van der Waals surface area (Å²) in [6.07, 6.45) is 0.370. The Kier molecular flexibility index (Phi) is 4.04. The van der Waals surface area contributed by atoms with Crippen molar-refractivity contribution in [3.63, 3.8) is 0 Å². The van der Waals surface area contributed by atoms with Gasteiger partial charge in [-0.1, -0.05) is 11.6 Å². The van der Waals surface area contributed by atoms with E-state index in [-0.39, 0.29) is 5.56 Å². The third-order valence-electron chi connectivity index (χ3n) is 2.79. The summed E-state index contributed by atoms with van der Waals surface area (Å²) >= 11 is 5.88. The summed E-state index contributed by atoms with van der Waals surface area (Å²) in [6, 6.07) is 5.12. The number of aldehydes is 1. The fourth-order valence-electron chi connectivity index (χ4n) is 1.91. The maximum atomic E-state index is 13.8. The van der Waals surface area contributed by atoms with Crippen molar-refractivity contribution in [3.05, 3.63) is 57.6 Å². The van der Waals surface area contributed by atoms with Crippen molar-refractivity contribution in [1.29, 1.82) is 0 Å². The Morgan fingerprint density at radius 1 is 1.00 bits per heavy atom. The number of benzene rings is 2. The van der Waals surface area contributed by atoms with E-state index in [9.17, 15) is 13.6 Å². The molecule has 0 radical (unpaired) electrons. The molecule has 0 fully saturated rings. The lowest BCUT2D eigenvalue weighted by Gasteiger charge is -2.13. The summed E-state index contributed by atoms with van der Waals surface area (Å²) in [5.74, 6) is -2.06. The second-order valence-electron chi connectivity index (χ2n) is 4.40. The van der Waals surface area contributed by atoms with Gasteiger partial charge in [0.1, 0.15) is 12.0 Å². The Morgan fingerprint density at radius 2 is 1.50 bits per heavy atom. The molecule has 0 aliphatic carbocycles. The van der Waals surface area contributed by atoms with Gasteiger partial charge in [0, 0.05) is 10.6 Å². The van der Waals surface area contributed by atoms with E-state index in [4.69, 9.17) is 16.3 Å². The van der Waals surface area contributed by atoms with Crippen molar-refractivity contribution >= 4 is 17.9 Å². The van der Waals surface area contributed by atoms with E-state index < -0.39 is 17.4 Å². The number of ether oxygens (including phenoxy) is 1. The van der Waals surface area contributed by atoms with Gasteiger partial charge in [0.2, 0.25) is 0 Å². The molecule has 2 aromatic rings. The summed E-state index contributed by atoms with van der Waals surface area (Å²) in [7, 11) is 0. The van der Waals surface area contributed by atoms with Crippen molar-refractivity contribution < 1.29 is 18.3 Å². The highest BCUT2D eigenvalue weighted by molar-refractivity contribution is 6.30. The zero-order chi connectivity index (χ0) is 14.9. The summed E-state index contributed by atoms with van der Waals surface area (Å²) in [5.41, 5.74) is 1.23. The smallest absolute Gasteiger partial charge is 0.198 e. The molecule has 0 saturated heterocycles. The van der Waals surface area contributed by atoms with Crippen LogP contribution in [0.25, 0.3) is 0 Å². The van der Waals surface area contributed by atoms with Crippen molar-refractivity contribution in [2.75, 3.05) is 0 Å². The summed E-state index contributed by atoms with van der Waals surface area (Å²) in [6.45, 7) is 3.45. The molecule has 0 unspecified atom stereocenters. The van der Waals surface area contributed by atoms with E-state index in [0.717, 1.165) is 12.1 Å². The number of rotatable bonds is 3. The van der Waals surface area contributed by atoms with Crippen LogP contribution in [0.3, 0.4) is 0 Å². The highest BCUT2D eigenvalue weighted by Gasteiger charge is 2.16. The molecule has 0 aliphatic heterocycles. The van der Waals surface area contributed by atoms with Gasteiger partial charge in [0.15, 0.2) is 17.4 Å². The lowest BCUT2D eigenvalue weighted by molar-refractivity contribution is 0.112. The first-order chi connectivity index (χ1) is 9.42. The lowest BCUT2D eigenvalue weighted by Crippen LogP contribution is -1.98. The average Bonchev–Trinajstić information content (AvgIpc) is 2.35. The zero-order valence-electron chi connectivity index (χ0n) is 10.8. The minimum absolute atomic E-state index is 0.0862. The van der Waals surface area contributed by atoms with Gasteiger partial charge in [-0.05, 0) is 49.2 Å². The molecule has 0 saturated carbocycles. The fraction of sp³-hybridized carbons (Fsp3) is 0.133. The molecule has 0 atom stereocenters.